The SMILES string of the molecule is COCCC1(CN2CCCC(NC(C)C)C2)CC1. The summed E-state index contributed by atoms with van der Waals surface area (Å²) in [4.78, 5) is 2.69. The molecule has 0 amide bonds. The van der Waals surface area contributed by atoms with Crippen molar-refractivity contribution in [1.29, 1.82) is 0 Å². The first-order valence-electron chi connectivity index (χ1n) is 7.61. The predicted molar refractivity (Wildman–Crippen MR) is 75.9 cm³/mol. The molecule has 0 radical (unpaired) electrons. The molecule has 0 aromatic carbocycles. The second kappa shape index (κ2) is 6.36. The highest BCUT2D eigenvalue weighted by atomic mass is 16.5. The van der Waals surface area contributed by atoms with Gasteiger partial charge in [-0.25, -0.2) is 0 Å². The fraction of sp³-hybridized carbons (Fsp3) is 1.00. The molecule has 3 nitrogen and oxygen atoms in total. The third-order valence-electron chi connectivity index (χ3n) is 4.43. The molecule has 0 aromatic heterocycles. The maximum absolute atomic E-state index is 5.25. The van der Waals surface area contributed by atoms with Crippen LogP contribution in [0.3, 0.4) is 0 Å². The van der Waals surface area contributed by atoms with Crippen molar-refractivity contribution in [2.24, 2.45) is 5.41 Å². The molecule has 0 spiro atoms. The van der Waals surface area contributed by atoms with Gasteiger partial charge in [0.1, 0.15) is 0 Å². The highest BCUT2D eigenvalue weighted by Gasteiger charge is 2.43. The average Bonchev–Trinajstić information content (AvgIpc) is 3.06. The fourth-order valence-electron chi connectivity index (χ4n) is 3.26. The highest BCUT2D eigenvalue weighted by molar-refractivity contribution is 4.96. The van der Waals surface area contributed by atoms with E-state index in [0.29, 0.717) is 17.5 Å². The van der Waals surface area contributed by atoms with Crippen molar-refractivity contribution in [3.63, 3.8) is 0 Å². The zero-order chi connectivity index (χ0) is 13.0. The van der Waals surface area contributed by atoms with E-state index in [-0.39, 0.29) is 0 Å². The number of rotatable bonds is 7. The van der Waals surface area contributed by atoms with Gasteiger partial charge in [-0.15, -0.1) is 0 Å². The Morgan fingerprint density at radius 2 is 2.17 bits per heavy atom. The third kappa shape index (κ3) is 4.22. The molecule has 1 saturated heterocycles. The van der Waals surface area contributed by atoms with Crippen molar-refractivity contribution in [2.45, 2.75) is 58.0 Å². The number of nitrogens with one attached hydrogen (secondary N) is 1. The number of hydrogen-bond donors (Lipinski definition) is 1. The minimum Gasteiger partial charge on any atom is -0.385 e. The molecule has 1 aliphatic carbocycles. The minimum absolute atomic E-state index is 0.607. The summed E-state index contributed by atoms with van der Waals surface area (Å²) in [6, 6.07) is 1.32. The van der Waals surface area contributed by atoms with E-state index < -0.39 is 0 Å². The second-order valence-corrected chi connectivity index (χ2v) is 6.64. The Morgan fingerprint density at radius 1 is 1.39 bits per heavy atom. The van der Waals surface area contributed by atoms with Gasteiger partial charge in [0, 0.05) is 38.9 Å². The standard InChI is InChI=1S/C15H30N2O/c1-13(2)16-14-5-4-9-17(11-14)12-15(6-7-15)8-10-18-3/h13-14,16H,4-12H2,1-3H3. The number of ether oxygens (including phenoxy) is 1. The van der Waals surface area contributed by atoms with Crippen LogP contribution >= 0.6 is 0 Å². The molecule has 18 heavy (non-hydrogen) atoms. The van der Waals surface area contributed by atoms with E-state index in [4.69, 9.17) is 4.74 Å². The van der Waals surface area contributed by atoms with Gasteiger partial charge in [0.25, 0.3) is 0 Å². The molecule has 1 saturated carbocycles. The fourth-order valence-corrected chi connectivity index (χ4v) is 3.26. The quantitative estimate of drug-likeness (QED) is 0.754. The molecule has 2 fully saturated rings. The van der Waals surface area contributed by atoms with Crippen molar-refractivity contribution in [2.75, 3.05) is 33.4 Å². The molecule has 1 unspecified atom stereocenters. The largest absolute Gasteiger partial charge is 0.385 e. The lowest BCUT2D eigenvalue weighted by Gasteiger charge is -2.36. The molecule has 0 aromatic rings. The van der Waals surface area contributed by atoms with Crippen LogP contribution in [0.1, 0.15) is 46.0 Å². The Morgan fingerprint density at radius 3 is 2.78 bits per heavy atom. The van der Waals surface area contributed by atoms with Crippen LogP contribution in [0, 0.1) is 5.41 Å². The smallest absolute Gasteiger partial charge is 0.0468 e. The van der Waals surface area contributed by atoms with Gasteiger partial charge in [-0.1, -0.05) is 13.8 Å². The summed E-state index contributed by atoms with van der Waals surface area (Å²) >= 11 is 0. The van der Waals surface area contributed by atoms with Gasteiger partial charge >= 0.3 is 0 Å². The Kier molecular flexibility index (Phi) is 5.05. The Hall–Kier alpha value is -0.120. The topological polar surface area (TPSA) is 24.5 Å². The van der Waals surface area contributed by atoms with Gasteiger partial charge in [-0.3, -0.25) is 0 Å². The van der Waals surface area contributed by atoms with E-state index in [1.165, 1.54) is 51.7 Å². The summed E-state index contributed by atoms with van der Waals surface area (Å²) in [6.07, 6.45) is 6.77. The molecule has 2 aliphatic rings. The molecule has 0 bridgehead atoms. The predicted octanol–water partition coefficient (Wildman–Crippen LogP) is 2.27. The van der Waals surface area contributed by atoms with E-state index in [0.717, 1.165) is 6.61 Å². The lowest BCUT2D eigenvalue weighted by atomic mass is 9.98. The van der Waals surface area contributed by atoms with Crippen LogP contribution in [-0.4, -0.2) is 50.3 Å². The lowest BCUT2D eigenvalue weighted by molar-refractivity contribution is 0.124. The molecular weight excluding hydrogens is 224 g/mol. The van der Waals surface area contributed by atoms with Gasteiger partial charge in [0.2, 0.25) is 0 Å². The number of nitrogens with zero attached hydrogens (tertiary/aromatic N) is 1. The normalized spacial score (nSPS) is 27.7. The molecule has 1 atom stereocenters. The molecular formula is C15H30N2O. The van der Waals surface area contributed by atoms with E-state index >= 15 is 0 Å². The molecule has 106 valence electrons. The molecule has 1 N–H and O–H groups in total. The molecule has 3 heteroatoms. The van der Waals surface area contributed by atoms with Gasteiger partial charge in [-0.2, -0.15) is 0 Å². The van der Waals surface area contributed by atoms with Gasteiger partial charge in [0.05, 0.1) is 0 Å². The Bertz CT molecular complexity index is 251. The van der Waals surface area contributed by atoms with E-state index in [2.05, 4.69) is 24.1 Å². The van der Waals surface area contributed by atoms with Crippen LogP contribution < -0.4 is 5.32 Å². The minimum atomic E-state index is 0.607. The first-order chi connectivity index (χ1) is 8.63. The monoisotopic (exact) mass is 254 g/mol. The summed E-state index contributed by atoms with van der Waals surface area (Å²) in [5, 5.41) is 3.69. The van der Waals surface area contributed by atoms with Crippen molar-refractivity contribution >= 4 is 0 Å². The summed E-state index contributed by atoms with van der Waals surface area (Å²) in [5.41, 5.74) is 0.607. The summed E-state index contributed by atoms with van der Waals surface area (Å²) in [7, 11) is 1.82. The average molecular weight is 254 g/mol. The lowest BCUT2D eigenvalue weighted by Crippen LogP contribution is -2.49. The van der Waals surface area contributed by atoms with E-state index in [9.17, 15) is 0 Å². The first kappa shape index (κ1) is 14.3. The second-order valence-electron chi connectivity index (χ2n) is 6.64. The summed E-state index contributed by atoms with van der Waals surface area (Å²) in [5.74, 6) is 0. The summed E-state index contributed by atoms with van der Waals surface area (Å²) in [6.45, 7) is 9.27. The molecule has 2 rings (SSSR count). The number of methoxy groups -OCH3 is 1. The zero-order valence-electron chi connectivity index (χ0n) is 12.4. The van der Waals surface area contributed by atoms with E-state index in [1.807, 2.05) is 7.11 Å². The number of hydrogen-bond acceptors (Lipinski definition) is 3. The van der Waals surface area contributed by atoms with Gasteiger partial charge < -0.3 is 15.0 Å². The maximum Gasteiger partial charge on any atom is 0.0468 e. The van der Waals surface area contributed by atoms with Crippen molar-refractivity contribution in [3.05, 3.63) is 0 Å². The van der Waals surface area contributed by atoms with Gasteiger partial charge in [-0.05, 0) is 44.1 Å². The van der Waals surface area contributed by atoms with Crippen LogP contribution in [0.2, 0.25) is 0 Å². The Balaban J connectivity index is 1.75. The highest BCUT2D eigenvalue weighted by Crippen LogP contribution is 2.49. The van der Waals surface area contributed by atoms with E-state index in [1.54, 1.807) is 0 Å². The molecule has 1 heterocycles. The van der Waals surface area contributed by atoms with Gasteiger partial charge in [0.15, 0.2) is 0 Å². The number of piperidine rings is 1. The van der Waals surface area contributed by atoms with Crippen LogP contribution in [-0.2, 0) is 4.74 Å². The van der Waals surface area contributed by atoms with Crippen LogP contribution in [0.4, 0.5) is 0 Å². The zero-order valence-corrected chi connectivity index (χ0v) is 12.4. The number of likely N-dealkylation sites (tertiary alicyclic amines) is 1. The van der Waals surface area contributed by atoms with Crippen molar-refractivity contribution < 1.29 is 4.74 Å². The van der Waals surface area contributed by atoms with Crippen LogP contribution in [0.5, 0.6) is 0 Å². The molecule has 1 aliphatic heterocycles. The van der Waals surface area contributed by atoms with Crippen molar-refractivity contribution in [1.82, 2.24) is 10.2 Å². The first-order valence-corrected chi connectivity index (χ1v) is 7.61. The summed E-state index contributed by atoms with van der Waals surface area (Å²) < 4.78 is 5.25. The maximum atomic E-state index is 5.25. The van der Waals surface area contributed by atoms with Crippen molar-refractivity contribution in [3.8, 4) is 0 Å². The third-order valence-corrected chi connectivity index (χ3v) is 4.43. The Labute approximate surface area is 112 Å². The van der Waals surface area contributed by atoms with Crippen LogP contribution in [0.25, 0.3) is 0 Å². The van der Waals surface area contributed by atoms with Crippen LogP contribution in [0.15, 0.2) is 0 Å².